The number of rotatable bonds is 3. The number of nitrogens with zero attached hydrogens (tertiary/aromatic N) is 2. The van der Waals surface area contributed by atoms with Crippen molar-refractivity contribution in [1.29, 1.82) is 0 Å². The largest absolute Gasteiger partial charge is 0.416 e. The van der Waals surface area contributed by atoms with E-state index in [2.05, 4.69) is 0 Å². The van der Waals surface area contributed by atoms with Crippen molar-refractivity contribution in [2.75, 3.05) is 26.2 Å². The summed E-state index contributed by atoms with van der Waals surface area (Å²) in [4.78, 5) is 28.1. The Hall–Kier alpha value is -2.94. The fraction of sp³-hybridized carbons (Fsp3) is 0.364. The van der Waals surface area contributed by atoms with Crippen LogP contribution in [-0.2, 0) is 11.0 Å². The Balaban J connectivity index is 1.44. The lowest BCUT2D eigenvalue weighted by Crippen LogP contribution is -2.53. The second-order valence-electron chi connectivity index (χ2n) is 7.92. The van der Waals surface area contributed by atoms with Crippen LogP contribution in [0.1, 0.15) is 28.8 Å². The quantitative estimate of drug-likeness (QED) is 0.751. The highest BCUT2D eigenvalue weighted by Crippen LogP contribution is 2.37. The van der Waals surface area contributed by atoms with Gasteiger partial charge in [0.15, 0.2) is 0 Å². The van der Waals surface area contributed by atoms with Crippen molar-refractivity contribution in [3.63, 3.8) is 0 Å². The summed E-state index contributed by atoms with van der Waals surface area (Å²) in [6.07, 6.45) is -3.73. The lowest BCUT2D eigenvalue weighted by molar-refractivity contribution is -0.144. The molecule has 1 aliphatic carbocycles. The number of piperazine rings is 1. The second-order valence-corrected chi connectivity index (χ2v) is 7.92. The van der Waals surface area contributed by atoms with Crippen molar-refractivity contribution in [3.8, 4) is 11.1 Å². The maximum Gasteiger partial charge on any atom is 0.416 e. The summed E-state index contributed by atoms with van der Waals surface area (Å²) in [5, 5.41) is 9.94. The van der Waals surface area contributed by atoms with Crippen LogP contribution in [0.3, 0.4) is 0 Å². The molecule has 2 fully saturated rings. The Bertz CT molecular complexity index is 1010. The fourth-order valence-electron chi connectivity index (χ4n) is 3.65. The molecule has 0 aromatic heterocycles. The third-order valence-corrected chi connectivity index (χ3v) is 5.67. The van der Waals surface area contributed by atoms with Gasteiger partial charge in [0.25, 0.3) is 11.8 Å². The molecule has 164 valence electrons. The maximum absolute atomic E-state index is 13.7. The summed E-state index contributed by atoms with van der Waals surface area (Å²) in [5.74, 6) is -1.55. The van der Waals surface area contributed by atoms with E-state index in [-0.39, 0.29) is 17.4 Å². The average molecular weight is 436 g/mol. The van der Waals surface area contributed by atoms with Crippen molar-refractivity contribution in [1.82, 2.24) is 9.80 Å². The van der Waals surface area contributed by atoms with Crippen LogP contribution in [0.15, 0.2) is 42.5 Å². The van der Waals surface area contributed by atoms with Gasteiger partial charge in [-0.25, -0.2) is 4.39 Å². The first kappa shape index (κ1) is 21.3. The maximum atomic E-state index is 13.7. The number of carbonyl (C=O) groups is 2. The van der Waals surface area contributed by atoms with Gasteiger partial charge >= 0.3 is 6.18 Å². The third-order valence-electron chi connectivity index (χ3n) is 5.67. The Morgan fingerprint density at radius 1 is 0.871 bits per heavy atom. The Morgan fingerprint density at radius 2 is 1.45 bits per heavy atom. The van der Waals surface area contributed by atoms with Crippen LogP contribution in [0.25, 0.3) is 11.1 Å². The van der Waals surface area contributed by atoms with Gasteiger partial charge in [0.2, 0.25) is 0 Å². The molecule has 0 spiro atoms. The number of amides is 2. The molecule has 5 nitrogen and oxygen atoms in total. The molecular formula is C22H20F4N2O3. The van der Waals surface area contributed by atoms with Gasteiger partial charge in [-0.15, -0.1) is 0 Å². The van der Waals surface area contributed by atoms with Crippen LogP contribution < -0.4 is 0 Å². The SMILES string of the molecule is O=C(c1ccc(-c2cc(F)cc(C(F)(F)F)c2)cc1)N1CCN(C(=O)C2(O)CC2)CC1. The van der Waals surface area contributed by atoms with Gasteiger partial charge in [-0.05, 0) is 54.3 Å². The number of aliphatic hydroxyl groups is 1. The molecule has 1 heterocycles. The highest BCUT2D eigenvalue weighted by atomic mass is 19.4. The van der Waals surface area contributed by atoms with E-state index in [1.165, 1.54) is 24.3 Å². The van der Waals surface area contributed by atoms with Gasteiger partial charge in [-0.1, -0.05) is 12.1 Å². The van der Waals surface area contributed by atoms with E-state index in [0.717, 1.165) is 12.1 Å². The van der Waals surface area contributed by atoms with Crippen LogP contribution >= 0.6 is 0 Å². The topological polar surface area (TPSA) is 60.9 Å². The van der Waals surface area contributed by atoms with Gasteiger partial charge in [0.05, 0.1) is 5.56 Å². The minimum Gasteiger partial charge on any atom is -0.380 e. The van der Waals surface area contributed by atoms with Gasteiger partial charge in [-0.3, -0.25) is 9.59 Å². The van der Waals surface area contributed by atoms with E-state index in [4.69, 9.17) is 0 Å². The molecule has 2 amide bonds. The summed E-state index contributed by atoms with van der Waals surface area (Å²) >= 11 is 0. The number of hydrogen-bond donors (Lipinski definition) is 1. The smallest absolute Gasteiger partial charge is 0.380 e. The first-order valence-corrected chi connectivity index (χ1v) is 9.86. The van der Waals surface area contributed by atoms with Gasteiger partial charge in [0, 0.05) is 31.7 Å². The van der Waals surface area contributed by atoms with E-state index < -0.39 is 23.2 Å². The first-order valence-electron chi connectivity index (χ1n) is 9.86. The second kappa shape index (κ2) is 7.64. The number of halogens is 4. The molecule has 2 aromatic carbocycles. The van der Waals surface area contributed by atoms with Gasteiger partial charge < -0.3 is 14.9 Å². The van der Waals surface area contributed by atoms with Crippen LogP contribution in [0, 0.1) is 5.82 Å². The van der Waals surface area contributed by atoms with Crippen molar-refractivity contribution >= 4 is 11.8 Å². The molecule has 0 bridgehead atoms. The zero-order valence-corrected chi connectivity index (χ0v) is 16.5. The number of alkyl halides is 3. The third kappa shape index (κ3) is 4.41. The molecule has 0 atom stereocenters. The van der Waals surface area contributed by atoms with Crippen LogP contribution in [0.5, 0.6) is 0 Å². The van der Waals surface area contributed by atoms with E-state index in [1.54, 1.807) is 9.80 Å². The summed E-state index contributed by atoms with van der Waals surface area (Å²) < 4.78 is 52.4. The number of carbonyl (C=O) groups excluding carboxylic acids is 2. The molecular weight excluding hydrogens is 416 g/mol. The van der Waals surface area contributed by atoms with Gasteiger partial charge in [0.1, 0.15) is 11.4 Å². The van der Waals surface area contributed by atoms with Crippen molar-refractivity contribution in [3.05, 3.63) is 59.4 Å². The lowest BCUT2D eigenvalue weighted by Gasteiger charge is -2.35. The monoisotopic (exact) mass is 436 g/mol. The molecule has 31 heavy (non-hydrogen) atoms. The summed E-state index contributed by atoms with van der Waals surface area (Å²) in [5.41, 5.74) is -1.54. The summed E-state index contributed by atoms with van der Waals surface area (Å²) in [6.45, 7) is 1.30. The lowest BCUT2D eigenvalue weighted by atomic mass is 10.0. The van der Waals surface area contributed by atoms with Crippen molar-refractivity contribution < 1.29 is 32.3 Å². The minimum atomic E-state index is -4.66. The number of benzene rings is 2. The Labute approximate surface area is 175 Å². The zero-order chi connectivity index (χ0) is 22.4. The predicted octanol–water partition coefficient (Wildman–Crippen LogP) is 3.32. The highest BCUT2D eigenvalue weighted by Gasteiger charge is 2.50. The molecule has 2 aliphatic rings. The average Bonchev–Trinajstić information content (AvgIpc) is 3.50. The fourth-order valence-corrected chi connectivity index (χ4v) is 3.65. The molecule has 2 aromatic rings. The summed E-state index contributed by atoms with van der Waals surface area (Å²) in [7, 11) is 0. The summed E-state index contributed by atoms with van der Waals surface area (Å²) in [6, 6.07) is 8.24. The van der Waals surface area contributed by atoms with E-state index in [1.807, 2.05) is 0 Å². The molecule has 0 unspecified atom stereocenters. The van der Waals surface area contributed by atoms with Gasteiger partial charge in [-0.2, -0.15) is 13.2 Å². The van der Waals surface area contributed by atoms with Crippen LogP contribution in [-0.4, -0.2) is 58.5 Å². The molecule has 1 saturated carbocycles. The first-order chi connectivity index (χ1) is 14.6. The normalized spacial score (nSPS) is 18.1. The van der Waals surface area contributed by atoms with E-state index >= 15 is 0 Å². The molecule has 0 radical (unpaired) electrons. The molecule has 1 N–H and O–H groups in total. The Morgan fingerprint density at radius 3 is 2.00 bits per heavy atom. The van der Waals surface area contributed by atoms with Crippen molar-refractivity contribution in [2.24, 2.45) is 0 Å². The molecule has 9 heteroatoms. The molecule has 4 rings (SSSR count). The predicted molar refractivity (Wildman–Crippen MR) is 104 cm³/mol. The van der Waals surface area contributed by atoms with Crippen LogP contribution in [0.4, 0.5) is 17.6 Å². The van der Waals surface area contributed by atoms with Crippen LogP contribution in [0.2, 0.25) is 0 Å². The standard InChI is InChI=1S/C22H20F4N2O3/c23-18-12-16(11-17(13-18)22(24,25)26)14-1-3-15(4-2-14)19(29)27-7-9-28(10-8-27)20(30)21(31)5-6-21/h1-4,11-13,31H,5-10H2. The van der Waals surface area contributed by atoms with E-state index in [9.17, 15) is 32.3 Å². The zero-order valence-electron chi connectivity index (χ0n) is 16.5. The Kier molecular flexibility index (Phi) is 5.25. The molecule has 1 saturated heterocycles. The number of hydrogen-bond acceptors (Lipinski definition) is 3. The van der Waals surface area contributed by atoms with Crippen molar-refractivity contribution in [2.45, 2.75) is 24.6 Å². The minimum absolute atomic E-state index is 0.0662. The van der Waals surface area contributed by atoms with E-state index in [0.29, 0.717) is 56.2 Å². The highest BCUT2D eigenvalue weighted by molar-refractivity contribution is 5.95. The molecule has 1 aliphatic heterocycles.